The molecular formula is C46H52N8O2. The van der Waals surface area contributed by atoms with Gasteiger partial charge in [-0.3, -0.25) is 9.59 Å². The maximum atomic E-state index is 12.7. The van der Waals surface area contributed by atoms with Gasteiger partial charge in [-0.2, -0.15) is 0 Å². The monoisotopic (exact) mass is 748 g/mol. The molecule has 6 aromatic rings. The van der Waals surface area contributed by atoms with Gasteiger partial charge < -0.3 is 19.8 Å². The maximum absolute atomic E-state index is 12.7. The van der Waals surface area contributed by atoms with Crippen molar-refractivity contribution in [2.75, 3.05) is 10.6 Å². The second kappa shape index (κ2) is 16.9. The minimum atomic E-state index is -0.157. The Labute approximate surface area is 329 Å². The molecule has 8 rings (SSSR count). The van der Waals surface area contributed by atoms with Crippen molar-refractivity contribution >= 4 is 23.2 Å². The number of aromatic nitrogens is 6. The normalized spacial score (nSPS) is 14.7. The Morgan fingerprint density at radius 1 is 0.643 bits per heavy atom. The number of nitrogens with one attached hydrogen (secondary N) is 2. The standard InChI is InChI=1S/2C23H26N4O/c2*1-15-7-10-20(26-22(15)17-8-9-17)23(28)25-19-6-4-5-18(14-19)16(2)13-21-24-11-12-27(21)3/h2*4-7,10-12,14,16-17H,8-9,13H2,1-3H3,(H,25,28)/t2*16-/m10/s1. The smallest absolute Gasteiger partial charge is 0.274 e. The van der Waals surface area contributed by atoms with Gasteiger partial charge in [0.25, 0.3) is 11.8 Å². The van der Waals surface area contributed by atoms with Gasteiger partial charge in [-0.1, -0.05) is 50.2 Å². The molecule has 2 aliphatic carbocycles. The number of rotatable bonds is 12. The first-order valence-electron chi connectivity index (χ1n) is 19.7. The Hall–Kier alpha value is -5.90. The number of imidazole rings is 2. The van der Waals surface area contributed by atoms with Crippen molar-refractivity contribution in [2.24, 2.45) is 14.1 Å². The van der Waals surface area contributed by atoms with Crippen LogP contribution in [0.2, 0.25) is 0 Å². The summed E-state index contributed by atoms with van der Waals surface area (Å²) >= 11 is 0. The van der Waals surface area contributed by atoms with Crippen molar-refractivity contribution in [1.29, 1.82) is 0 Å². The zero-order valence-electron chi connectivity index (χ0n) is 33.3. The second-order valence-electron chi connectivity index (χ2n) is 15.6. The van der Waals surface area contributed by atoms with Gasteiger partial charge in [0, 0.05) is 86.3 Å². The Balaban J connectivity index is 0.000000172. The van der Waals surface area contributed by atoms with Crippen LogP contribution in [0, 0.1) is 13.8 Å². The summed E-state index contributed by atoms with van der Waals surface area (Å²) in [6, 6.07) is 23.7. The third kappa shape index (κ3) is 9.48. The topological polar surface area (TPSA) is 120 Å². The number of carbonyl (C=O) groups is 2. The fourth-order valence-electron chi connectivity index (χ4n) is 7.09. The highest BCUT2D eigenvalue weighted by Gasteiger charge is 2.28. The van der Waals surface area contributed by atoms with Gasteiger partial charge in [-0.15, -0.1) is 0 Å². The molecule has 2 N–H and O–H groups in total. The van der Waals surface area contributed by atoms with Gasteiger partial charge >= 0.3 is 0 Å². The first-order valence-corrected chi connectivity index (χ1v) is 19.7. The fourth-order valence-corrected chi connectivity index (χ4v) is 7.09. The number of hydrogen-bond acceptors (Lipinski definition) is 6. The van der Waals surface area contributed by atoms with Crippen LogP contribution in [-0.4, -0.2) is 40.9 Å². The number of hydrogen-bond donors (Lipinski definition) is 2. The average Bonchev–Trinajstić information content (AvgIpc) is 4.13. The summed E-state index contributed by atoms with van der Waals surface area (Å²) in [5, 5.41) is 6.01. The molecular weight excluding hydrogens is 697 g/mol. The Morgan fingerprint density at radius 3 is 1.41 bits per heavy atom. The quantitative estimate of drug-likeness (QED) is 0.129. The lowest BCUT2D eigenvalue weighted by atomic mass is 9.97. The van der Waals surface area contributed by atoms with E-state index in [1.807, 2.05) is 109 Å². The summed E-state index contributed by atoms with van der Waals surface area (Å²) in [5.74, 6) is 3.46. The SMILES string of the molecule is Cc1ccc(C(=O)Nc2cccc([C@@H](C)Cc3nccn3C)c2)nc1C1CC1.Cc1ccc(C(=O)Nc2cccc([C@H](C)Cc3nccn3C)c2)nc1C1CC1. The molecule has 2 amide bonds. The molecule has 10 heteroatoms. The summed E-state index contributed by atoms with van der Waals surface area (Å²) in [4.78, 5) is 43.5. The van der Waals surface area contributed by atoms with Crippen LogP contribution >= 0.6 is 0 Å². The first kappa shape index (κ1) is 38.4. The molecule has 4 heterocycles. The van der Waals surface area contributed by atoms with Crippen LogP contribution in [0.25, 0.3) is 0 Å². The maximum Gasteiger partial charge on any atom is 0.274 e. The average molecular weight is 749 g/mol. The molecule has 0 saturated heterocycles. The van der Waals surface area contributed by atoms with E-state index in [0.29, 0.717) is 35.1 Å². The number of carbonyl (C=O) groups excluding carboxylic acids is 2. The number of nitrogens with zero attached hydrogens (tertiary/aromatic N) is 6. The largest absolute Gasteiger partial charge is 0.338 e. The number of benzene rings is 2. The number of pyridine rings is 2. The molecule has 4 aromatic heterocycles. The third-order valence-electron chi connectivity index (χ3n) is 10.9. The summed E-state index contributed by atoms with van der Waals surface area (Å²) < 4.78 is 4.09. The third-order valence-corrected chi connectivity index (χ3v) is 10.9. The molecule has 0 aliphatic heterocycles. The van der Waals surface area contributed by atoms with E-state index in [1.54, 1.807) is 0 Å². The van der Waals surface area contributed by atoms with E-state index in [-0.39, 0.29) is 11.8 Å². The molecule has 0 unspecified atom stereocenters. The summed E-state index contributed by atoms with van der Waals surface area (Å²) in [5.41, 5.74) is 9.41. The van der Waals surface area contributed by atoms with Crippen LogP contribution in [0.15, 0.2) is 97.6 Å². The van der Waals surface area contributed by atoms with Crippen molar-refractivity contribution in [3.05, 3.63) is 154 Å². The van der Waals surface area contributed by atoms with Gasteiger partial charge in [-0.25, -0.2) is 19.9 Å². The van der Waals surface area contributed by atoms with E-state index in [2.05, 4.69) is 70.4 Å². The van der Waals surface area contributed by atoms with E-state index >= 15 is 0 Å². The van der Waals surface area contributed by atoms with Crippen molar-refractivity contribution < 1.29 is 9.59 Å². The number of anilines is 2. The molecule has 2 aromatic carbocycles. The molecule has 0 bridgehead atoms. The van der Waals surface area contributed by atoms with Crippen molar-refractivity contribution in [2.45, 2.75) is 89.9 Å². The number of amides is 2. The predicted molar refractivity (Wildman–Crippen MR) is 221 cm³/mol. The molecule has 2 saturated carbocycles. The van der Waals surface area contributed by atoms with Gasteiger partial charge in [-0.05, 0) is 110 Å². The highest BCUT2D eigenvalue weighted by molar-refractivity contribution is 6.03. The summed E-state index contributed by atoms with van der Waals surface area (Å²) in [6.45, 7) is 8.49. The van der Waals surface area contributed by atoms with E-state index in [4.69, 9.17) is 0 Å². The Bertz CT molecular complexity index is 2170. The summed E-state index contributed by atoms with van der Waals surface area (Å²) in [7, 11) is 4.02. The van der Waals surface area contributed by atoms with Gasteiger partial charge in [0.1, 0.15) is 23.0 Å². The molecule has 2 fully saturated rings. The molecule has 2 aliphatic rings. The number of aryl methyl sites for hydroxylation is 4. The van der Waals surface area contributed by atoms with Crippen LogP contribution in [0.1, 0.15) is 129 Å². The molecule has 56 heavy (non-hydrogen) atoms. The van der Waals surface area contributed by atoms with Crippen LogP contribution in [0.4, 0.5) is 11.4 Å². The van der Waals surface area contributed by atoms with Crippen LogP contribution in [0.3, 0.4) is 0 Å². The van der Waals surface area contributed by atoms with E-state index in [1.165, 1.54) is 47.9 Å². The van der Waals surface area contributed by atoms with Crippen LogP contribution < -0.4 is 10.6 Å². The van der Waals surface area contributed by atoms with E-state index in [9.17, 15) is 9.59 Å². The minimum Gasteiger partial charge on any atom is -0.338 e. The zero-order valence-corrected chi connectivity index (χ0v) is 33.3. The van der Waals surface area contributed by atoms with Crippen LogP contribution in [0.5, 0.6) is 0 Å². The summed E-state index contributed by atoms with van der Waals surface area (Å²) in [6.07, 6.45) is 14.0. The minimum absolute atomic E-state index is 0.157. The van der Waals surface area contributed by atoms with Crippen molar-refractivity contribution in [3.8, 4) is 0 Å². The molecule has 288 valence electrons. The van der Waals surface area contributed by atoms with Gasteiger partial charge in [0.05, 0.1) is 0 Å². The zero-order chi connectivity index (χ0) is 39.3. The second-order valence-corrected chi connectivity index (χ2v) is 15.6. The van der Waals surface area contributed by atoms with Crippen molar-refractivity contribution in [1.82, 2.24) is 29.1 Å². The highest BCUT2D eigenvalue weighted by Crippen LogP contribution is 2.41. The Kier molecular flexibility index (Phi) is 11.5. The Morgan fingerprint density at radius 2 is 1.05 bits per heavy atom. The molecule has 2 atom stereocenters. The lowest BCUT2D eigenvalue weighted by Gasteiger charge is -2.14. The fraction of sp³-hybridized carbons (Fsp3) is 0.348. The van der Waals surface area contributed by atoms with Crippen LogP contribution in [-0.2, 0) is 26.9 Å². The predicted octanol–water partition coefficient (Wildman–Crippen LogP) is 9.20. The lowest BCUT2D eigenvalue weighted by molar-refractivity contribution is 0.101. The van der Waals surface area contributed by atoms with E-state index < -0.39 is 0 Å². The van der Waals surface area contributed by atoms with Crippen molar-refractivity contribution in [3.63, 3.8) is 0 Å². The van der Waals surface area contributed by atoms with E-state index in [0.717, 1.165) is 47.3 Å². The van der Waals surface area contributed by atoms with Gasteiger partial charge in [0.2, 0.25) is 0 Å². The molecule has 0 spiro atoms. The molecule has 0 radical (unpaired) electrons. The van der Waals surface area contributed by atoms with Gasteiger partial charge in [0.15, 0.2) is 0 Å². The molecule has 10 nitrogen and oxygen atoms in total. The lowest BCUT2D eigenvalue weighted by Crippen LogP contribution is -2.15. The highest BCUT2D eigenvalue weighted by atomic mass is 16.2. The first-order chi connectivity index (χ1) is 27.0.